The number of hydrogen-bond acceptors (Lipinski definition) is 6. The number of rotatable bonds is 5. The molecule has 0 saturated heterocycles. The van der Waals surface area contributed by atoms with Gasteiger partial charge in [0.1, 0.15) is 0 Å². The average molecular weight is 400 g/mol. The number of thiazole rings is 1. The molecule has 0 saturated carbocycles. The van der Waals surface area contributed by atoms with Gasteiger partial charge in [0.15, 0.2) is 0 Å². The number of anilines is 1. The quantitative estimate of drug-likeness (QED) is 0.709. The molecule has 0 radical (unpaired) electrons. The molecule has 0 aliphatic carbocycles. The maximum atomic E-state index is 12.6. The van der Waals surface area contributed by atoms with Crippen molar-refractivity contribution in [3.63, 3.8) is 0 Å². The fourth-order valence-electron chi connectivity index (χ4n) is 2.49. The van der Waals surface area contributed by atoms with Crippen molar-refractivity contribution in [2.45, 2.75) is 11.8 Å². The maximum Gasteiger partial charge on any atom is 0.243 e. The van der Waals surface area contributed by atoms with Gasteiger partial charge < -0.3 is 5.32 Å². The Kier molecular flexibility index (Phi) is 5.23. The standard InChI is InChI=1S/C18H16N4O3S2/c1-12-20-16-8-5-14(9-17(16)26-12)21-18(23)11-22(2)27(24,25)15-6-3-13(10-19)4-7-15/h3-9H,11H2,1-2H3,(H,21,23). The lowest BCUT2D eigenvalue weighted by atomic mass is 10.2. The molecule has 0 spiro atoms. The molecule has 0 aliphatic rings. The third-order valence-corrected chi connectivity index (χ3v) is 6.59. The van der Waals surface area contributed by atoms with Crippen LogP contribution in [-0.4, -0.2) is 37.2 Å². The molecule has 27 heavy (non-hydrogen) atoms. The van der Waals surface area contributed by atoms with Crippen LogP contribution in [0.25, 0.3) is 10.2 Å². The van der Waals surface area contributed by atoms with Crippen LogP contribution in [0, 0.1) is 18.3 Å². The Labute approximate surface area is 160 Å². The van der Waals surface area contributed by atoms with Crippen LogP contribution < -0.4 is 5.32 Å². The Hall–Kier alpha value is -2.80. The van der Waals surface area contributed by atoms with Crippen LogP contribution in [0.3, 0.4) is 0 Å². The predicted molar refractivity (Wildman–Crippen MR) is 104 cm³/mol. The number of nitriles is 1. The SMILES string of the molecule is Cc1nc2ccc(NC(=O)CN(C)S(=O)(=O)c3ccc(C#N)cc3)cc2s1. The fourth-order valence-corrected chi connectivity index (χ4v) is 4.48. The fraction of sp³-hybridized carbons (Fsp3) is 0.167. The smallest absolute Gasteiger partial charge is 0.243 e. The van der Waals surface area contributed by atoms with Gasteiger partial charge in [0.2, 0.25) is 15.9 Å². The van der Waals surface area contributed by atoms with Gasteiger partial charge in [0.25, 0.3) is 0 Å². The Morgan fingerprint density at radius 1 is 1.26 bits per heavy atom. The minimum absolute atomic E-state index is 0.0263. The summed E-state index contributed by atoms with van der Waals surface area (Å²) in [4.78, 5) is 16.7. The van der Waals surface area contributed by atoms with Gasteiger partial charge in [-0.1, -0.05) is 0 Å². The van der Waals surface area contributed by atoms with E-state index in [-0.39, 0.29) is 11.4 Å². The Morgan fingerprint density at radius 3 is 2.63 bits per heavy atom. The number of nitrogens with zero attached hydrogens (tertiary/aromatic N) is 3. The van der Waals surface area contributed by atoms with Crippen molar-refractivity contribution in [2.75, 3.05) is 18.9 Å². The molecule has 2 aromatic carbocycles. The summed E-state index contributed by atoms with van der Waals surface area (Å²) in [6.45, 7) is 1.58. The molecule has 1 N–H and O–H groups in total. The van der Waals surface area contributed by atoms with E-state index in [2.05, 4.69) is 10.3 Å². The van der Waals surface area contributed by atoms with Crippen LogP contribution in [0.4, 0.5) is 5.69 Å². The number of amides is 1. The summed E-state index contributed by atoms with van der Waals surface area (Å²) in [5, 5.41) is 12.4. The molecular formula is C18H16N4O3S2. The monoisotopic (exact) mass is 400 g/mol. The van der Waals surface area contributed by atoms with Crippen molar-refractivity contribution in [3.05, 3.63) is 53.0 Å². The van der Waals surface area contributed by atoms with Crippen LogP contribution in [0.1, 0.15) is 10.6 Å². The lowest BCUT2D eigenvalue weighted by Crippen LogP contribution is -2.34. The summed E-state index contributed by atoms with van der Waals surface area (Å²) in [5.74, 6) is -0.449. The molecule has 0 bridgehead atoms. The van der Waals surface area contributed by atoms with Gasteiger partial charge in [-0.15, -0.1) is 11.3 Å². The first-order chi connectivity index (χ1) is 12.8. The molecule has 0 aliphatic heterocycles. The van der Waals surface area contributed by atoms with Crippen LogP contribution in [0.15, 0.2) is 47.4 Å². The Bertz CT molecular complexity index is 1150. The lowest BCUT2D eigenvalue weighted by molar-refractivity contribution is -0.116. The van der Waals surface area contributed by atoms with Crippen molar-refractivity contribution < 1.29 is 13.2 Å². The van der Waals surface area contributed by atoms with Gasteiger partial charge in [-0.3, -0.25) is 4.79 Å². The third kappa shape index (κ3) is 4.14. The molecule has 3 rings (SSSR count). The van der Waals surface area contributed by atoms with Crippen molar-refractivity contribution in [1.82, 2.24) is 9.29 Å². The predicted octanol–water partition coefficient (Wildman–Crippen LogP) is 2.74. The van der Waals surface area contributed by atoms with E-state index < -0.39 is 15.9 Å². The molecule has 1 aromatic heterocycles. The van der Waals surface area contributed by atoms with Crippen LogP contribution in [0.2, 0.25) is 0 Å². The van der Waals surface area contributed by atoms with E-state index in [1.54, 1.807) is 6.07 Å². The van der Waals surface area contributed by atoms with E-state index in [9.17, 15) is 13.2 Å². The normalized spacial score (nSPS) is 11.5. The zero-order valence-electron chi connectivity index (χ0n) is 14.6. The largest absolute Gasteiger partial charge is 0.325 e. The number of aromatic nitrogens is 1. The summed E-state index contributed by atoms with van der Waals surface area (Å²) in [6.07, 6.45) is 0. The van der Waals surface area contributed by atoms with Crippen molar-refractivity contribution in [2.24, 2.45) is 0 Å². The summed E-state index contributed by atoms with van der Waals surface area (Å²) in [7, 11) is -2.49. The summed E-state index contributed by atoms with van der Waals surface area (Å²) < 4.78 is 27.0. The van der Waals surface area contributed by atoms with Crippen LogP contribution in [0.5, 0.6) is 0 Å². The minimum Gasteiger partial charge on any atom is -0.325 e. The van der Waals surface area contributed by atoms with E-state index in [0.717, 1.165) is 19.5 Å². The Balaban J connectivity index is 1.70. The number of nitrogens with one attached hydrogen (secondary N) is 1. The van der Waals surface area contributed by atoms with E-state index in [0.29, 0.717) is 11.3 Å². The van der Waals surface area contributed by atoms with Crippen molar-refractivity contribution >= 4 is 43.2 Å². The molecule has 9 heteroatoms. The molecule has 0 fully saturated rings. The molecule has 7 nitrogen and oxygen atoms in total. The number of carbonyl (C=O) groups excluding carboxylic acids is 1. The second kappa shape index (κ2) is 7.44. The zero-order chi connectivity index (χ0) is 19.6. The first kappa shape index (κ1) is 19.0. The first-order valence-corrected chi connectivity index (χ1v) is 10.2. The zero-order valence-corrected chi connectivity index (χ0v) is 16.3. The lowest BCUT2D eigenvalue weighted by Gasteiger charge is -2.17. The summed E-state index contributed by atoms with van der Waals surface area (Å²) in [6, 6.07) is 12.8. The van der Waals surface area contributed by atoms with Gasteiger partial charge in [-0.2, -0.15) is 9.57 Å². The molecule has 1 amide bonds. The Morgan fingerprint density at radius 2 is 1.96 bits per heavy atom. The first-order valence-electron chi connectivity index (χ1n) is 7.93. The second-order valence-electron chi connectivity index (χ2n) is 5.86. The van der Waals surface area contributed by atoms with E-state index in [1.807, 2.05) is 25.1 Å². The number of sulfonamides is 1. The van der Waals surface area contributed by atoms with Gasteiger partial charge >= 0.3 is 0 Å². The molecule has 1 heterocycles. The molecule has 0 atom stereocenters. The number of benzene rings is 2. The van der Waals surface area contributed by atoms with Gasteiger partial charge in [0, 0.05) is 12.7 Å². The van der Waals surface area contributed by atoms with Crippen LogP contribution >= 0.6 is 11.3 Å². The van der Waals surface area contributed by atoms with Crippen molar-refractivity contribution in [1.29, 1.82) is 5.26 Å². The van der Waals surface area contributed by atoms with Crippen LogP contribution in [-0.2, 0) is 14.8 Å². The van der Waals surface area contributed by atoms with Gasteiger partial charge in [0.05, 0.1) is 38.3 Å². The minimum atomic E-state index is -3.83. The number of carbonyl (C=O) groups is 1. The molecule has 3 aromatic rings. The molecule has 0 unspecified atom stereocenters. The van der Waals surface area contributed by atoms with Gasteiger partial charge in [-0.05, 0) is 49.4 Å². The maximum absolute atomic E-state index is 12.6. The highest BCUT2D eigenvalue weighted by atomic mass is 32.2. The number of hydrogen-bond donors (Lipinski definition) is 1. The summed E-state index contributed by atoms with van der Waals surface area (Å²) in [5.41, 5.74) is 1.80. The highest BCUT2D eigenvalue weighted by Gasteiger charge is 2.23. The second-order valence-corrected chi connectivity index (χ2v) is 9.14. The molecular weight excluding hydrogens is 384 g/mol. The number of fused-ring (bicyclic) bond motifs is 1. The van der Waals surface area contributed by atoms with E-state index in [1.165, 1.54) is 42.6 Å². The molecule has 138 valence electrons. The summed E-state index contributed by atoms with van der Waals surface area (Å²) >= 11 is 1.52. The van der Waals surface area contributed by atoms with E-state index >= 15 is 0 Å². The number of likely N-dealkylation sites (N-methyl/N-ethyl adjacent to an activating group) is 1. The van der Waals surface area contributed by atoms with Crippen molar-refractivity contribution in [3.8, 4) is 6.07 Å². The highest BCUT2D eigenvalue weighted by molar-refractivity contribution is 7.89. The topological polar surface area (TPSA) is 103 Å². The average Bonchev–Trinajstić information content (AvgIpc) is 3.00. The van der Waals surface area contributed by atoms with Gasteiger partial charge in [-0.25, -0.2) is 13.4 Å². The number of aryl methyl sites for hydroxylation is 1. The highest BCUT2D eigenvalue weighted by Crippen LogP contribution is 2.24. The third-order valence-electron chi connectivity index (χ3n) is 3.84. The van der Waals surface area contributed by atoms with E-state index in [4.69, 9.17) is 5.26 Å².